The lowest BCUT2D eigenvalue weighted by atomic mass is 9.98. The molecule has 1 aliphatic rings. The molecular weight excluding hydrogens is 283 g/mol. The summed E-state index contributed by atoms with van der Waals surface area (Å²) in [5.74, 6) is -0.0976. The summed E-state index contributed by atoms with van der Waals surface area (Å²) in [6.45, 7) is 1.40. The standard InChI is InChI=1S/C15H20F3NO2/c1-10-12(15(16,17)18)7-8-19(10)13(14(20)21-2)9-11-5-3-4-6-11/h7-8,11,13H,3-6,9H2,1-2H3/t13-/m0/s1. The van der Waals surface area contributed by atoms with Crippen molar-refractivity contribution < 1.29 is 22.7 Å². The molecule has 1 heterocycles. The van der Waals surface area contributed by atoms with Crippen molar-refractivity contribution in [2.24, 2.45) is 5.92 Å². The molecule has 0 spiro atoms. The highest BCUT2D eigenvalue weighted by Crippen LogP contribution is 2.37. The summed E-state index contributed by atoms with van der Waals surface area (Å²) < 4.78 is 44.8. The lowest BCUT2D eigenvalue weighted by Gasteiger charge is -2.22. The second-order valence-electron chi connectivity index (χ2n) is 5.64. The van der Waals surface area contributed by atoms with E-state index in [2.05, 4.69) is 0 Å². The zero-order valence-electron chi connectivity index (χ0n) is 12.2. The number of aromatic nitrogens is 1. The highest BCUT2D eigenvalue weighted by Gasteiger charge is 2.36. The number of esters is 1. The predicted molar refractivity (Wildman–Crippen MR) is 71.8 cm³/mol. The molecule has 1 aliphatic carbocycles. The summed E-state index contributed by atoms with van der Waals surface area (Å²) >= 11 is 0. The van der Waals surface area contributed by atoms with Crippen molar-refractivity contribution in [1.82, 2.24) is 4.57 Å². The van der Waals surface area contributed by atoms with Crippen molar-refractivity contribution in [2.45, 2.75) is 51.2 Å². The number of hydrogen-bond acceptors (Lipinski definition) is 2. The lowest BCUT2D eigenvalue weighted by molar-refractivity contribution is -0.146. The number of carbonyl (C=O) groups excluding carboxylic acids is 1. The largest absolute Gasteiger partial charge is 0.467 e. The van der Waals surface area contributed by atoms with Gasteiger partial charge in [0, 0.05) is 11.9 Å². The molecule has 0 saturated heterocycles. The number of nitrogens with zero attached hydrogens (tertiary/aromatic N) is 1. The van der Waals surface area contributed by atoms with Crippen LogP contribution >= 0.6 is 0 Å². The van der Waals surface area contributed by atoms with Gasteiger partial charge in [-0.3, -0.25) is 0 Å². The molecule has 0 amide bonds. The molecule has 0 bridgehead atoms. The molecule has 21 heavy (non-hydrogen) atoms. The summed E-state index contributed by atoms with van der Waals surface area (Å²) in [6, 6.07) is 0.356. The van der Waals surface area contributed by atoms with Crippen LogP contribution in [0, 0.1) is 12.8 Å². The van der Waals surface area contributed by atoms with Crippen molar-refractivity contribution in [3.63, 3.8) is 0 Å². The van der Waals surface area contributed by atoms with Gasteiger partial charge in [-0.15, -0.1) is 0 Å². The maximum absolute atomic E-state index is 12.9. The van der Waals surface area contributed by atoms with E-state index in [1.54, 1.807) is 0 Å². The first-order chi connectivity index (χ1) is 9.84. The van der Waals surface area contributed by atoms with Gasteiger partial charge in [-0.25, -0.2) is 4.79 Å². The highest BCUT2D eigenvalue weighted by atomic mass is 19.4. The van der Waals surface area contributed by atoms with E-state index in [4.69, 9.17) is 4.74 Å². The van der Waals surface area contributed by atoms with Crippen LogP contribution in [0.1, 0.15) is 49.4 Å². The van der Waals surface area contributed by atoms with Gasteiger partial charge in [0.05, 0.1) is 12.7 Å². The summed E-state index contributed by atoms with van der Waals surface area (Å²) in [5, 5.41) is 0. The summed E-state index contributed by atoms with van der Waals surface area (Å²) in [7, 11) is 1.27. The van der Waals surface area contributed by atoms with E-state index in [-0.39, 0.29) is 5.69 Å². The fourth-order valence-electron chi connectivity index (χ4n) is 3.18. The first kappa shape index (κ1) is 15.9. The van der Waals surface area contributed by atoms with Crippen molar-refractivity contribution >= 4 is 5.97 Å². The van der Waals surface area contributed by atoms with Crippen molar-refractivity contribution in [3.05, 3.63) is 23.5 Å². The average Bonchev–Trinajstić information content (AvgIpc) is 3.03. The Balaban J connectivity index is 2.28. The zero-order chi connectivity index (χ0) is 15.6. The normalized spacial score (nSPS) is 18.0. The molecule has 1 atom stereocenters. The predicted octanol–water partition coefficient (Wildman–Crippen LogP) is 4.11. The van der Waals surface area contributed by atoms with Gasteiger partial charge in [-0.1, -0.05) is 25.7 Å². The Labute approximate surface area is 122 Å². The van der Waals surface area contributed by atoms with E-state index in [0.29, 0.717) is 12.3 Å². The van der Waals surface area contributed by atoms with E-state index in [1.165, 1.54) is 24.8 Å². The topological polar surface area (TPSA) is 31.2 Å². The molecule has 2 rings (SSSR count). The van der Waals surface area contributed by atoms with Crippen LogP contribution in [0.3, 0.4) is 0 Å². The monoisotopic (exact) mass is 303 g/mol. The van der Waals surface area contributed by atoms with Gasteiger partial charge in [0.1, 0.15) is 6.04 Å². The molecule has 0 N–H and O–H groups in total. The first-order valence-electron chi connectivity index (χ1n) is 7.17. The number of rotatable bonds is 4. The van der Waals surface area contributed by atoms with Crippen molar-refractivity contribution in [2.75, 3.05) is 7.11 Å². The van der Waals surface area contributed by atoms with Gasteiger partial charge in [0.15, 0.2) is 0 Å². The molecule has 0 aromatic carbocycles. The van der Waals surface area contributed by atoms with E-state index >= 15 is 0 Å². The van der Waals surface area contributed by atoms with Gasteiger partial charge in [-0.05, 0) is 25.3 Å². The maximum atomic E-state index is 12.9. The molecule has 1 fully saturated rings. The Kier molecular flexibility index (Phi) is 4.64. The molecule has 0 aliphatic heterocycles. The minimum absolute atomic E-state index is 0.0656. The molecule has 6 heteroatoms. The van der Waals surface area contributed by atoms with Gasteiger partial charge < -0.3 is 9.30 Å². The van der Waals surface area contributed by atoms with Crippen LogP contribution in [-0.4, -0.2) is 17.6 Å². The smallest absolute Gasteiger partial charge is 0.418 e. The van der Waals surface area contributed by atoms with Crippen LogP contribution in [0.4, 0.5) is 13.2 Å². The Bertz CT molecular complexity index is 502. The minimum Gasteiger partial charge on any atom is -0.467 e. The van der Waals surface area contributed by atoms with Gasteiger partial charge >= 0.3 is 12.1 Å². The number of alkyl halides is 3. The van der Waals surface area contributed by atoms with Crippen molar-refractivity contribution in [3.8, 4) is 0 Å². The Morgan fingerprint density at radius 1 is 1.43 bits per heavy atom. The van der Waals surface area contributed by atoms with E-state index in [1.807, 2.05) is 0 Å². The molecular formula is C15H20F3NO2. The SMILES string of the molecule is COC(=O)[C@H](CC1CCCC1)n1ccc(C(F)(F)F)c1C. The fraction of sp³-hybridized carbons (Fsp3) is 0.667. The lowest BCUT2D eigenvalue weighted by Crippen LogP contribution is -2.24. The Hall–Kier alpha value is -1.46. The molecule has 3 nitrogen and oxygen atoms in total. The highest BCUT2D eigenvalue weighted by molar-refractivity contribution is 5.74. The zero-order valence-corrected chi connectivity index (χ0v) is 12.2. The third kappa shape index (κ3) is 3.41. The third-order valence-electron chi connectivity index (χ3n) is 4.32. The summed E-state index contributed by atoms with van der Waals surface area (Å²) in [4.78, 5) is 12.0. The summed E-state index contributed by atoms with van der Waals surface area (Å²) in [6.07, 6.45) is 1.78. The van der Waals surface area contributed by atoms with E-state index in [9.17, 15) is 18.0 Å². The van der Waals surface area contributed by atoms with Crippen LogP contribution in [0.5, 0.6) is 0 Å². The van der Waals surface area contributed by atoms with Crippen molar-refractivity contribution in [1.29, 1.82) is 0 Å². The minimum atomic E-state index is -4.40. The van der Waals surface area contributed by atoms with Crippen LogP contribution in [-0.2, 0) is 15.7 Å². The fourth-order valence-corrected chi connectivity index (χ4v) is 3.18. The van der Waals surface area contributed by atoms with Crippen LogP contribution in [0.15, 0.2) is 12.3 Å². The molecule has 1 saturated carbocycles. The second kappa shape index (κ2) is 6.12. The van der Waals surface area contributed by atoms with Gasteiger partial charge in [-0.2, -0.15) is 13.2 Å². The van der Waals surface area contributed by atoms with Crippen LogP contribution in [0.25, 0.3) is 0 Å². The van der Waals surface area contributed by atoms with E-state index < -0.39 is 23.8 Å². The number of carbonyl (C=O) groups is 1. The quantitative estimate of drug-likeness (QED) is 0.784. The first-order valence-corrected chi connectivity index (χ1v) is 7.17. The van der Waals surface area contributed by atoms with Gasteiger partial charge in [0.25, 0.3) is 0 Å². The number of hydrogen-bond donors (Lipinski definition) is 0. The van der Waals surface area contributed by atoms with Crippen LogP contribution < -0.4 is 0 Å². The summed E-state index contributed by atoms with van der Waals surface area (Å²) in [5.41, 5.74) is -0.626. The average molecular weight is 303 g/mol. The van der Waals surface area contributed by atoms with E-state index in [0.717, 1.165) is 31.7 Å². The number of methoxy groups -OCH3 is 1. The molecule has 1 aromatic heterocycles. The Morgan fingerprint density at radius 3 is 2.52 bits per heavy atom. The third-order valence-corrected chi connectivity index (χ3v) is 4.32. The number of ether oxygens (including phenoxy) is 1. The molecule has 1 aromatic rings. The molecule has 118 valence electrons. The van der Waals surface area contributed by atoms with Gasteiger partial charge in [0.2, 0.25) is 0 Å². The molecule has 0 unspecified atom stereocenters. The Morgan fingerprint density at radius 2 is 2.05 bits per heavy atom. The second-order valence-corrected chi connectivity index (χ2v) is 5.64. The molecule has 0 radical (unpaired) electrons. The number of halogens is 3. The van der Waals surface area contributed by atoms with Crippen LogP contribution in [0.2, 0.25) is 0 Å². The maximum Gasteiger partial charge on any atom is 0.418 e.